The number of rotatable bonds is 0. The molecule has 0 heteroatoms. The van der Waals surface area contributed by atoms with Crippen LogP contribution in [0, 0.1) is 5.92 Å². The van der Waals surface area contributed by atoms with Crippen LogP contribution in [0.5, 0.6) is 0 Å². The van der Waals surface area contributed by atoms with Crippen molar-refractivity contribution < 1.29 is 0 Å². The lowest BCUT2D eigenvalue weighted by atomic mass is 9.97. The summed E-state index contributed by atoms with van der Waals surface area (Å²) in [5, 5.41) is 0. The van der Waals surface area contributed by atoms with E-state index >= 15 is 0 Å². The number of hydrogen-bond donors (Lipinski definition) is 0. The average Bonchev–Trinajstić information content (AvgIpc) is 1.64. The summed E-state index contributed by atoms with van der Waals surface area (Å²) in [7, 11) is 0. The maximum atomic E-state index is 2.24. The van der Waals surface area contributed by atoms with E-state index in [1.54, 1.807) is 0 Å². The van der Waals surface area contributed by atoms with Crippen LogP contribution in [0.1, 0.15) is 20.3 Å². The van der Waals surface area contributed by atoms with Gasteiger partial charge in [-0.05, 0) is 19.3 Å². The van der Waals surface area contributed by atoms with E-state index in [1.165, 1.54) is 12.0 Å². The minimum Gasteiger partial charge on any atom is -0.0814 e. The predicted molar refractivity (Wildman–Crippen MR) is 36.7 cm³/mol. The van der Waals surface area contributed by atoms with Gasteiger partial charge in [0.2, 0.25) is 0 Å². The zero-order chi connectivity index (χ0) is 5.98. The predicted octanol–water partition coefficient (Wildman–Crippen LogP) is 2.53. The minimum absolute atomic E-state index is 0.764. The van der Waals surface area contributed by atoms with Crippen LogP contribution in [0.3, 0.4) is 0 Å². The molecule has 0 aromatic carbocycles. The van der Waals surface area contributed by atoms with Gasteiger partial charge in [-0.2, -0.15) is 0 Å². The van der Waals surface area contributed by atoms with Crippen LogP contribution in [0.25, 0.3) is 0 Å². The van der Waals surface area contributed by atoms with Gasteiger partial charge in [0.15, 0.2) is 0 Å². The van der Waals surface area contributed by atoms with Crippen molar-refractivity contribution in [3.05, 3.63) is 23.8 Å². The first-order valence-corrected chi connectivity index (χ1v) is 3.13. The van der Waals surface area contributed by atoms with Crippen molar-refractivity contribution in [2.24, 2.45) is 5.92 Å². The van der Waals surface area contributed by atoms with Crippen molar-refractivity contribution in [1.29, 1.82) is 0 Å². The van der Waals surface area contributed by atoms with Crippen LogP contribution in [-0.4, -0.2) is 0 Å². The molecule has 0 aromatic rings. The summed E-state index contributed by atoms with van der Waals surface area (Å²) in [6.45, 7) is 4.42. The molecule has 0 fully saturated rings. The van der Waals surface area contributed by atoms with Gasteiger partial charge in [-0.1, -0.05) is 30.7 Å². The average molecular weight is 108 g/mol. The summed E-state index contributed by atoms with van der Waals surface area (Å²) < 4.78 is 0. The Labute approximate surface area is 50.9 Å². The second-order valence-corrected chi connectivity index (χ2v) is 2.58. The Morgan fingerprint density at radius 1 is 1.62 bits per heavy atom. The van der Waals surface area contributed by atoms with Gasteiger partial charge in [0.05, 0.1) is 0 Å². The highest BCUT2D eigenvalue weighted by Gasteiger charge is 1.99. The molecule has 0 bridgehead atoms. The molecule has 1 aliphatic carbocycles. The second-order valence-electron chi connectivity index (χ2n) is 2.58. The van der Waals surface area contributed by atoms with Crippen molar-refractivity contribution in [2.45, 2.75) is 20.3 Å². The third kappa shape index (κ3) is 1.22. The third-order valence-corrected chi connectivity index (χ3v) is 1.46. The summed E-state index contributed by atoms with van der Waals surface area (Å²) in [6.07, 6.45) is 7.81. The Bertz CT molecular complexity index is 129. The quantitative estimate of drug-likeness (QED) is 0.447. The molecule has 0 nitrogen and oxygen atoms in total. The third-order valence-electron chi connectivity index (χ3n) is 1.46. The molecule has 1 atom stereocenters. The Morgan fingerprint density at radius 3 is 2.75 bits per heavy atom. The molecular weight excluding hydrogens is 96.1 g/mol. The van der Waals surface area contributed by atoms with E-state index in [0.29, 0.717) is 0 Å². The fourth-order valence-electron chi connectivity index (χ4n) is 1.05. The standard InChI is InChI=1S/C8H12/c1-7-4-3-5-8(2)6-7/h3-5,7H,6H2,1-2H3. The SMILES string of the molecule is CC1=CC=CC(C)C1. The zero-order valence-electron chi connectivity index (χ0n) is 5.52. The fraction of sp³-hybridized carbons (Fsp3) is 0.500. The molecule has 44 valence electrons. The highest BCUT2D eigenvalue weighted by molar-refractivity contribution is 5.17. The molecule has 0 aromatic heterocycles. The first kappa shape index (κ1) is 5.61. The minimum atomic E-state index is 0.764. The smallest absolute Gasteiger partial charge is 0.0222 e. The van der Waals surface area contributed by atoms with Gasteiger partial charge in [-0.25, -0.2) is 0 Å². The maximum absolute atomic E-state index is 2.24. The highest BCUT2D eigenvalue weighted by atomic mass is 14.1. The molecule has 0 radical (unpaired) electrons. The van der Waals surface area contributed by atoms with Crippen LogP contribution < -0.4 is 0 Å². The molecule has 0 amide bonds. The lowest BCUT2D eigenvalue weighted by Crippen LogP contribution is -1.93. The van der Waals surface area contributed by atoms with Gasteiger partial charge in [-0.3, -0.25) is 0 Å². The number of allylic oxidation sites excluding steroid dienone is 4. The van der Waals surface area contributed by atoms with Gasteiger partial charge >= 0.3 is 0 Å². The van der Waals surface area contributed by atoms with Gasteiger partial charge in [0, 0.05) is 0 Å². The molecular formula is C8H12. The summed E-state index contributed by atoms with van der Waals surface area (Å²) in [4.78, 5) is 0. The Hall–Kier alpha value is -0.520. The van der Waals surface area contributed by atoms with Crippen molar-refractivity contribution in [2.75, 3.05) is 0 Å². The molecule has 0 spiro atoms. The van der Waals surface area contributed by atoms with E-state index in [0.717, 1.165) is 5.92 Å². The van der Waals surface area contributed by atoms with Crippen molar-refractivity contribution in [3.8, 4) is 0 Å². The molecule has 8 heavy (non-hydrogen) atoms. The molecule has 1 unspecified atom stereocenters. The Morgan fingerprint density at radius 2 is 2.38 bits per heavy atom. The summed E-state index contributed by atoms with van der Waals surface area (Å²) >= 11 is 0. The Kier molecular flexibility index (Phi) is 1.52. The maximum Gasteiger partial charge on any atom is -0.0222 e. The first-order valence-electron chi connectivity index (χ1n) is 3.13. The summed E-state index contributed by atoms with van der Waals surface area (Å²) in [5.41, 5.74) is 1.50. The van der Waals surface area contributed by atoms with Gasteiger partial charge in [0.25, 0.3) is 0 Å². The monoisotopic (exact) mass is 108 g/mol. The molecule has 1 aliphatic rings. The van der Waals surface area contributed by atoms with E-state index in [2.05, 4.69) is 32.1 Å². The highest BCUT2D eigenvalue weighted by Crippen LogP contribution is 2.16. The van der Waals surface area contributed by atoms with Gasteiger partial charge in [0.1, 0.15) is 0 Å². The van der Waals surface area contributed by atoms with Gasteiger partial charge < -0.3 is 0 Å². The second kappa shape index (κ2) is 2.17. The van der Waals surface area contributed by atoms with Crippen LogP contribution in [0.15, 0.2) is 23.8 Å². The molecule has 1 rings (SSSR count). The normalized spacial score (nSPS) is 27.8. The lowest BCUT2D eigenvalue weighted by Gasteiger charge is -2.08. The molecule has 0 aliphatic heterocycles. The van der Waals surface area contributed by atoms with Crippen molar-refractivity contribution >= 4 is 0 Å². The summed E-state index contributed by atoms with van der Waals surface area (Å²) in [6, 6.07) is 0. The van der Waals surface area contributed by atoms with Gasteiger partial charge in [-0.15, -0.1) is 0 Å². The molecule has 0 saturated heterocycles. The van der Waals surface area contributed by atoms with Crippen molar-refractivity contribution in [1.82, 2.24) is 0 Å². The van der Waals surface area contributed by atoms with E-state index in [-0.39, 0.29) is 0 Å². The Balaban J connectivity index is 2.59. The lowest BCUT2D eigenvalue weighted by molar-refractivity contribution is 0.707. The van der Waals surface area contributed by atoms with Crippen LogP contribution in [0.4, 0.5) is 0 Å². The van der Waals surface area contributed by atoms with Crippen LogP contribution >= 0.6 is 0 Å². The van der Waals surface area contributed by atoms with E-state index in [4.69, 9.17) is 0 Å². The van der Waals surface area contributed by atoms with Crippen LogP contribution in [-0.2, 0) is 0 Å². The fourth-order valence-corrected chi connectivity index (χ4v) is 1.05. The van der Waals surface area contributed by atoms with E-state index < -0.39 is 0 Å². The van der Waals surface area contributed by atoms with E-state index in [9.17, 15) is 0 Å². The molecule has 0 heterocycles. The zero-order valence-corrected chi connectivity index (χ0v) is 5.52. The van der Waals surface area contributed by atoms with Crippen LogP contribution in [0.2, 0.25) is 0 Å². The number of hydrogen-bond acceptors (Lipinski definition) is 0. The molecule has 0 saturated carbocycles. The van der Waals surface area contributed by atoms with Crippen molar-refractivity contribution in [3.63, 3.8) is 0 Å². The largest absolute Gasteiger partial charge is 0.0814 e. The van der Waals surface area contributed by atoms with E-state index in [1.807, 2.05) is 0 Å². The first-order chi connectivity index (χ1) is 3.79. The topological polar surface area (TPSA) is 0 Å². The molecule has 0 N–H and O–H groups in total. The summed E-state index contributed by atoms with van der Waals surface area (Å²) in [5.74, 6) is 0.764.